The number of aliphatic hydroxyl groups is 1. The SMILES string of the molecule is CCc1cc(N2CCc3cc(OC)ccc3C2)nc(NCCCO)n1. The van der Waals surface area contributed by atoms with E-state index in [0.29, 0.717) is 18.9 Å². The van der Waals surface area contributed by atoms with Crippen molar-refractivity contribution in [1.82, 2.24) is 9.97 Å². The van der Waals surface area contributed by atoms with E-state index in [0.717, 1.165) is 43.2 Å². The molecule has 0 radical (unpaired) electrons. The molecule has 0 unspecified atom stereocenters. The van der Waals surface area contributed by atoms with Gasteiger partial charge in [0.25, 0.3) is 0 Å². The van der Waals surface area contributed by atoms with Crippen LogP contribution in [0.1, 0.15) is 30.2 Å². The number of aliphatic hydroxyl groups excluding tert-OH is 1. The largest absolute Gasteiger partial charge is 0.497 e. The van der Waals surface area contributed by atoms with Crippen LogP contribution in [0.2, 0.25) is 0 Å². The molecule has 1 aromatic heterocycles. The zero-order valence-electron chi connectivity index (χ0n) is 15.0. The number of methoxy groups -OCH3 is 1. The molecule has 6 heteroatoms. The van der Waals surface area contributed by atoms with Crippen LogP contribution in [0.5, 0.6) is 5.75 Å². The summed E-state index contributed by atoms with van der Waals surface area (Å²) in [5.74, 6) is 2.51. The van der Waals surface area contributed by atoms with Crippen molar-refractivity contribution in [2.45, 2.75) is 32.7 Å². The lowest BCUT2D eigenvalue weighted by Gasteiger charge is -2.30. The Morgan fingerprint density at radius 1 is 1.24 bits per heavy atom. The number of benzene rings is 1. The minimum absolute atomic E-state index is 0.166. The van der Waals surface area contributed by atoms with Gasteiger partial charge in [-0.25, -0.2) is 4.98 Å². The van der Waals surface area contributed by atoms with Gasteiger partial charge in [-0.15, -0.1) is 0 Å². The van der Waals surface area contributed by atoms with Gasteiger partial charge in [0, 0.05) is 38.0 Å². The molecule has 0 bridgehead atoms. The summed E-state index contributed by atoms with van der Waals surface area (Å²) >= 11 is 0. The number of hydrogen-bond donors (Lipinski definition) is 2. The molecule has 3 rings (SSSR count). The van der Waals surface area contributed by atoms with Gasteiger partial charge in [0.2, 0.25) is 5.95 Å². The number of aryl methyl sites for hydroxylation is 1. The van der Waals surface area contributed by atoms with Crippen LogP contribution in [0.4, 0.5) is 11.8 Å². The summed E-state index contributed by atoms with van der Waals surface area (Å²) in [5.41, 5.74) is 3.69. The molecular weight excluding hydrogens is 316 g/mol. The Hall–Kier alpha value is -2.34. The highest BCUT2D eigenvalue weighted by Gasteiger charge is 2.19. The number of anilines is 2. The molecule has 0 saturated carbocycles. The molecule has 2 aromatic rings. The average molecular weight is 342 g/mol. The fraction of sp³-hybridized carbons (Fsp3) is 0.474. The highest BCUT2D eigenvalue weighted by molar-refractivity contribution is 5.49. The average Bonchev–Trinajstić information content (AvgIpc) is 2.67. The molecule has 2 heterocycles. The second-order valence-corrected chi connectivity index (χ2v) is 6.20. The molecule has 0 fully saturated rings. The first-order valence-corrected chi connectivity index (χ1v) is 8.87. The van der Waals surface area contributed by atoms with Gasteiger partial charge in [-0.05, 0) is 42.5 Å². The molecule has 0 spiro atoms. The summed E-state index contributed by atoms with van der Waals surface area (Å²) in [6.07, 6.45) is 2.53. The Labute approximate surface area is 148 Å². The number of hydrogen-bond acceptors (Lipinski definition) is 6. The Morgan fingerprint density at radius 3 is 2.88 bits per heavy atom. The van der Waals surface area contributed by atoms with Crippen LogP contribution >= 0.6 is 0 Å². The van der Waals surface area contributed by atoms with Gasteiger partial charge in [-0.3, -0.25) is 0 Å². The van der Waals surface area contributed by atoms with Crippen molar-refractivity contribution >= 4 is 11.8 Å². The number of ether oxygens (including phenoxy) is 1. The molecule has 0 aliphatic carbocycles. The van der Waals surface area contributed by atoms with Crippen LogP contribution < -0.4 is 15.0 Å². The molecule has 1 aromatic carbocycles. The lowest BCUT2D eigenvalue weighted by molar-refractivity contribution is 0.292. The highest BCUT2D eigenvalue weighted by atomic mass is 16.5. The van der Waals surface area contributed by atoms with E-state index in [1.54, 1.807) is 7.11 Å². The number of rotatable bonds is 7. The van der Waals surface area contributed by atoms with Gasteiger partial charge >= 0.3 is 0 Å². The van der Waals surface area contributed by atoms with Crippen molar-refractivity contribution in [1.29, 1.82) is 0 Å². The van der Waals surface area contributed by atoms with Crippen LogP contribution in [0.3, 0.4) is 0 Å². The fourth-order valence-electron chi connectivity index (χ4n) is 3.04. The first-order valence-electron chi connectivity index (χ1n) is 8.87. The summed E-state index contributed by atoms with van der Waals surface area (Å²) < 4.78 is 5.32. The van der Waals surface area contributed by atoms with Gasteiger partial charge in [0.05, 0.1) is 7.11 Å². The summed E-state index contributed by atoms with van der Waals surface area (Å²) in [7, 11) is 1.70. The van der Waals surface area contributed by atoms with E-state index in [-0.39, 0.29) is 6.61 Å². The third-order valence-electron chi connectivity index (χ3n) is 4.50. The van der Waals surface area contributed by atoms with E-state index < -0.39 is 0 Å². The monoisotopic (exact) mass is 342 g/mol. The van der Waals surface area contributed by atoms with Crippen molar-refractivity contribution in [2.24, 2.45) is 0 Å². The third kappa shape index (κ3) is 4.20. The van der Waals surface area contributed by atoms with Crippen molar-refractivity contribution in [2.75, 3.05) is 37.0 Å². The molecular formula is C19H26N4O2. The predicted molar refractivity (Wildman–Crippen MR) is 99.4 cm³/mol. The standard InChI is InChI=1S/C19H26N4O2/c1-3-16-12-18(22-19(21-16)20-8-4-10-24)23-9-7-14-11-17(25-2)6-5-15(14)13-23/h5-6,11-12,24H,3-4,7-10,13H2,1-2H3,(H,20,21,22). The Kier molecular flexibility index (Phi) is 5.71. The molecule has 0 amide bonds. The number of nitrogens with one attached hydrogen (secondary N) is 1. The Balaban J connectivity index is 1.79. The van der Waals surface area contributed by atoms with Crippen molar-refractivity contribution < 1.29 is 9.84 Å². The first kappa shape index (κ1) is 17.5. The van der Waals surface area contributed by atoms with Crippen molar-refractivity contribution in [3.8, 4) is 5.75 Å². The Morgan fingerprint density at radius 2 is 2.12 bits per heavy atom. The van der Waals surface area contributed by atoms with Crippen LogP contribution in [0, 0.1) is 0 Å². The topological polar surface area (TPSA) is 70.5 Å². The smallest absolute Gasteiger partial charge is 0.224 e. The van der Waals surface area contributed by atoms with E-state index in [2.05, 4.69) is 45.3 Å². The zero-order chi connectivity index (χ0) is 17.6. The molecule has 0 atom stereocenters. The van der Waals surface area contributed by atoms with E-state index in [9.17, 15) is 0 Å². The lowest BCUT2D eigenvalue weighted by Crippen LogP contribution is -2.31. The molecule has 6 nitrogen and oxygen atoms in total. The van der Waals surface area contributed by atoms with Crippen LogP contribution in [-0.4, -0.2) is 41.9 Å². The second-order valence-electron chi connectivity index (χ2n) is 6.20. The van der Waals surface area contributed by atoms with E-state index in [1.807, 2.05) is 6.07 Å². The minimum Gasteiger partial charge on any atom is -0.497 e. The van der Waals surface area contributed by atoms with Crippen LogP contribution in [0.25, 0.3) is 0 Å². The van der Waals surface area contributed by atoms with E-state index >= 15 is 0 Å². The third-order valence-corrected chi connectivity index (χ3v) is 4.50. The second kappa shape index (κ2) is 8.16. The normalized spacial score (nSPS) is 13.5. The van der Waals surface area contributed by atoms with Crippen LogP contribution in [-0.2, 0) is 19.4 Å². The predicted octanol–water partition coefficient (Wildman–Crippen LogP) is 2.40. The summed E-state index contributed by atoms with van der Waals surface area (Å²) in [5, 5.41) is 12.1. The lowest BCUT2D eigenvalue weighted by atomic mass is 9.99. The maximum atomic E-state index is 8.94. The molecule has 1 aliphatic rings. The van der Waals surface area contributed by atoms with Gasteiger partial charge in [-0.2, -0.15) is 4.98 Å². The fourth-order valence-corrected chi connectivity index (χ4v) is 3.04. The molecule has 25 heavy (non-hydrogen) atoms. The summed E-state index contributed by atoms with van der Waals surface area (Å²) in [6.45, 7) is 4.71. The van der Waals surface area contributed by atoms with Gasteiger partial charge in [0.15, 0.2) is 0 Å². The number of aromatic nitrogens is 2. The molecule has 2 N–H and O–H groups in total. The number of fused-ring (bicyclic) bond motifs is 1. The highest BCUT2D eigenvalue weighted by Crippen LogP contribution is 2.27. The Bertz CT molecular complexity index is 721. The number of nitrogens with zero attached hydrogens (tertiary/aromatic N) is 3. The van der Waals surface area contributed by atoms with Gasteiger partial charge in [0.1, 0.15) is 11.6 Å². The molecule has 1 aliphatic heterocycles. The van der Waals surface area contributed by atoms with Gasteiger partial charge < -0.3 is 20.1 Å². The first-order chi connectivity index (χ1) is 12.2. The van der Waals surface area contributed by atoms with Crippen molar-refractivity contribution in [3.63, 3.8) is 0 Å². The molecule has 134 valence electrons. The van der Waals surface area contributed by atoms with E-state index in [4.69, 9.17) is 9.84 Å². The minimum atomic E-state index is 0.166. The maximum Gasteiger partial charge on any atom is 0.224 e. The van der Waals surface area contributed by atoms with E-state index in [1.165, 1.54) is 11.1 Å². The molecule has 0 saturated heterocycles. The van der Waals surface area contributed by atoms with Gasteiger partial charge in [-0.1, -0.05) is 13.0 Å². The quantitative estimate of drug-likeness (QED) is 0.753. The zero-order valence-corrected chi connectivity index (χ0v) is 15.0. The van der Waals surface area contributed by atoms with Crippen molar-refractivity contribution in [3.05, 3.63) is 41.1 Å². The maximum absolute atomic E-state index is 8.94. The summed E-state index contributed by atoms with van der Waals surface area (Å²) in [6, 6.07) is 8.36. The summed E-state index contributed by atoms with van der Waals surface area (Å²) in [4.78, 5) is 11.5. The van der Waals surface area contributed by atoms with Crippen LogP contribution in [0.15, 0.2) is 24.3 Å².